The van der Waals surface area contributed by atoms with Gasteiger partial charge in [0.05, 0.1) is 12.0 Å². The van der Waals surface area contributed by atoms with E-state index in [0.717, 1.165) is 10.9 Å². The van der Waals surface area contributed by atoms with Gasteiger partial charge in [0.2, 0.25) is 0 Å². The molecule has 3 aromatic rings. The first-order chi connectivity index (χ1) is 9.79. The van der Waals surface area contributed by atoms with Crippen LogP contribution in [0.2, 0.25) is 0 Å². The molecule has 3 rings (SSSR count). The number of nitrogens with zero attached hydrogens (tertiary/aromatic N) is 1. The maximum atomic E-state index is 11.7. The van der Waals surface area contributed by atoms with Crippen molar-refractivity contribution >= 4 is 11.0 Å². The highest BCUT2D eigenvalue weighted by Crippen LogP contribution is 2.28. The lowest BCUT2D eigenvalue weighted by Crippen LogP contribution is -2.05. The summed E-state index contributed by atoms with van der Waals surface area (Å²) in [5, 5.41) is 10.3. The van der Waals surface area contributed by atoms with Crippen LogP contribution in [0.25, 0.3) is 11.0 Å². The monoisotopic (exact) mass is 261 g/mol. The third-order valence-electron chi connectivity index (χ3n) is 3.25. The average Bonchev–Trinajstić information content (AvgIpc) is 2.49. The van der Waals surface area contributed by atoms with E-state index < -0.39 is 11.5 Å². The molecule has 0 unspecified atom stereocenters. The van der Waals surface area contributed by atoms with Gasteiger partial charge in [0.25, 0.3) is 0 Å². The fraction of sp³-hybridized carbons (Fsp3) is 0.0588. The molecular weight excluding hydrogens is 250 g/mol. The molecule has 0 spiro atoms. The molecule has 20 heavy (non-hydrogen) atoms. The van der Waals surface area contributed by atoms with Crippen molar-refractivity contribution in [2.45, 2.75) is 5.92 Å². The Balaban J connectivity index is 2.28. The molecule has 1 aromatic heterocycles. The lowest BCUT2D eigenvalue weighted by Gasteiger charge is -2.11. The molecule has 0 saturated heterocycles. The van der Waals surface area contributed by atoms with Crippen molar-refractivity contribution in [2.24, 2.45) is 0 Å². The van der Waals surface area contributed by atoms with E-state index in [2.05, 4.69) is 6.07 Å². The lowest BCUT2D eigenvalue weighted by molar-refractivity contribution is 0.559. The summed E-state index contributed by atoms with van der Waals surface area (Å²) in [5.74, 6) is -0.481. The van der Waals surface area contributed by atoms with Crippen molar-refractivity contribution in [1.82, 2.24) is 0 Å². The zero-order chi connectivity index (χ0) is 13.9. The fourth-order valence-electron chi connectivity index (χ4n) is 2.34. The Morgan fingerprint density at radius 2 is 1.70 bits per heavy atom. The molecular formula is C17H11NO2. The average molecular weight is 261 g/mol. The first-order valence-corrected chi connectivity index (χ1v) is 6.27. The summed E-state index contributed by atoms with van der Waals surface area (Å²) < 4.78 is 5.17. The van der Waals surface area contributed by atoms with E-state index in [1.54, 1.807) is 12.1 Å². The maximum absolute atomic E-state index is 11.7. The summed E-state index contributed by atoms with van der Waals surface area (Å²) in [7, 11) is 0. The summed E-state index contributed by atoms with van der Waals surface area (Å²) in [6.07, 6.45) is 0. The Bertz CT molecular complexity index is 844. The van der Waals surface area contributed by atoms with Crippen molar-refractivity contribution in [3.05, 3.63) is 82.2 Å². The van der Waals surface area contributed by atoms with Crippen LogP contribution in [-0.2, 0) is 0 Å². The number of nitriles is 1. The van der Waals surface area contributed by atoms with Crippen LogP contribution in [0.4, 0.5) is 0 Å². The zero-order valence-electron chi connectivity index (χ0n) is 10.6. The molecule has 0 bridgehead atoms. The van der Waals surface area contributed by atoms with Crippen LogP contribution in [-0.4, -0.2) is 0 Å². The summed E-state index contributed by atoms with van der Waals surface area (Å²) in [4.78, 5) is 11.7. The van der Waals surface area contributed by atoms with Gasteiger partial charge in [0.1, 0.15) is 5.58 Å². The van der Waals surface area contributed by atoms with E-state index >= 15 is 0 Å². The predicted octanol–water partition coefficient (Wildman–Crippen LogP) is 3.45. The van der Waals surface area contributed by atoms with E-state index in [1.807, 2.05) is 42.5 Å². The Morgan fingerprint density at radius 1 is 1.00 bits per heavy atom. The number of benzene rings is 2. The molecule has 3 nitrogen and oxygen atoms in total. The first-order valence-electron chi connectivity index (χ1n) is 6.27. The minimum Gasteiger partial charge on any atom is -0.423 e. The van der Waals surface area contributed by atoms with Gasteiger partial charge in [-0.05, 0) is 17.2 Å². The van der Waals surface area contributed by atoms with Gasteiger partial charge in [-0.15, -0.1) is 0 Å². The third-order valence-corrected chi connectivity index (χ3v) is 3.25. The number of rotatable bonds is 2. The van der Waals surface area contributed by atoms with E-state index in [4.69, 9.17) is 4.42 Å². The van der Waals surface area contributed by atoms with Crippen LogP contribution < -0.4 is 5.63 Å². The van der Waals surface area contributed by atoms with Crippen LogP contribution in [0.15, 0.2) is 69.9 Å². The van der Waals surface area contributed by atoms with E-state index in [-0.39, 0.29) is 0 Å². The molecule has 2 aromatic carbocycles. The summed E-state index contributed by atoms with van der Waals surface area (Å²) in [6, 6.07) is 20.4. The van der Waals surface area contributed by atoms with Gasteiger partial charge < -0.3 is 4.42 Å². The second kappa shape index (κ2) is 5.02. The van der Waals surface area contributed by atoms with Crippen molar-refractivity contribution in [2.75, 3.05) is 0 Å². The highest BCUT2D eigenvalue weighted by molar-refractivity contribution is 5.81. The molecule has 0 radical (unpaired) electrons. The molecule has 96 valence electrons. The van der Waals surface area contributed by atoms with E-state index in [0.29, 0.717) is 11.1 Å². The SMILES string of the molecule is N#C[C@@H](c1ccccc1)c1cc(=O)oc2ccccc12. The number of hydrogen-bond donors (Lipinski definition) is 0. The largest absolute Gasteiger partial charge is 0.423 e. The highest BCUT2D eigenvalue weighted by atomic mass is 16.4. The third kappa shape index (κ3) is 2.08. The van der Waals surface area contributed by atoms with Gasteiger partial charge in [-0.25, -0.2) is 4.79 Å². The molecule has 1 atom stereocenters. The minimum atomic E-state index is -0.481. The Labute approximate surface area is 115 Å². The number of fused-ring (bicyclic) bond motifs is 1. The standard InChI is InChI=1S/C17H11NO2/c18-11-15(12-6-2-1-3-7-12)14-10-17(19)20-16-9-5-4-8-13(14)16/h1-10,15H/t15-/m0/s1. The molecule has 0 N–H and O–H groups in total. The molecule has 0 aliphatic heterocycles. The number of para-hydroxylation sites is 1. The predicted molar refractivity (Wildman–Crippen MR) is 76.4 cm³/mol. The first kappa shape index (κ1) is 12.2. The van der Waals surface area contributed by atoms with E-state index in [9.17, 15) is 10.1 Å². The maximum Gasteiger partial charge on any atom is 0.336 e. The quantitative estimate of drug-likeness (QED) is 0.664. The molecule has 0 aliphatic carbocycles. The van der Waals surface area contributed by atoms with Gasteiger partial charge in [0.15, 0.2) is 0 Å². The summed E-state index contributed by atoms with van der Waals surface area (Å²) in [5.41, 5.74) is 1.62. The second-order valence-corrected chi connectivity index (χ2v) is 4.49. The topological polar surface area (TPSA) is 54.0 Å². The molecule has 0 saturated carbocycles. The van der Waals surface area contributed by atoms with Crippen molar-refractivity contribution in [3.63, 3.8) is 0 Å². The van der Waals surface area contributed by atoms with Gasteiger partial charge in [0, 0.05) is 11.5 Å². The van der Waals surface area contributed by atoms with Gasteiger partial charge in [-0.2, -0.15) is 5.26 Å². The Hall–Kier alpha value is -2.86. The summed E-state index contributed by atoms with van der Waals surface area (Å²) in [6.45, 7) is 0. The van der Waals surface area contributed by atoms with Crippen molar-refractivity contribution < 1.29 is 4.42 Å². The van der Waals surface area contributed by atoms with Crippen molar-refractivity contribution in [1.29, 1.82) is 5.26 Å². The molecule has 0 aliphatic rings. The van der Waals surface area contributed by atoms with Gasteiger partial charge in [-0.3, -0.25) is 0 Å². The molecule has 3 heteroatoms. The van der Waals surface area contributed by atoms with Crippen LogP contribution in [0, 0.1) is 11.3 Å². The molecule has 0 amide bonds. The highest BCUT2D eigenvalue weighted by Gasteiger charge is 2.17. The smallest absolute Gasteiger partial charge is 0.336 e. The van der Waals surface area contributed by atoms with Crippen LogP contribution in [0.1, 0.15) is 17.0 Å². The molecule has 0 fully saturated rings. The van der Waals surface area contributed by atoms with Gasteiger partial charge in [-0.1, -0.05) is 48.5 Å². The number of hydrogen-bond acceptors (Lipinski definition) is 3. The van der Waals surface area contributed by atoms with Gasteiger partial charge >= 0.3 is 5.63 Å². The minimum absolute atomic E-state index is 0.435. The Morgan fingerprint density at radius 3 is 2.45 bits per heavy atom. The Kier molecular flexibility index (Phi) is 3.06. The van der Waals surface area contributed by atoms with Crippen LogP contribution >= 0.6 is 0 Å². The van der Waals surface area contributed by atoms with E-state index in [1.165, 1.54) is 6.07 Å². The molecule has 1 heterocycles. The van der Waals surface area contributed by atoms with Crippen molar-refractivity contribution in [3.8, 4) is 6.07 Å². The second-order valence-electron chi connectivity index (χ2n) is 4.49. The van der Waals surface area contributed by atoms with Crippen LogP contribution in [0.5, 0.6) is 0 Å². The van der Waals surface area contributed by atoms with Crippen LogP contribution in [0.3, 0.4) is 0 Å². The normalized spacial score (nSPS) is 11.9. The fourth-order valence-corrected chi connectivity index (χ4v) is 2.34. The summed E-state index contributed by atoms with van der Waals surface area (Å²) >= 11 is 0. The zero-order valence-corrected chi connectivity index (χ0v) is 10.6. The lowest BCUT2D eigenvalue weighted by atomic mass is 9.91.